The number of thiophene rings is 1. The van der Waals surface area contributed by atoms with E-state index < -0.39 is 47.3 Å². The van der Waals surface area contributed by atoms with E-state index in [4.69, 9.17) is 5.73 Å². The van der Waals surface area contributed by atoms with Gasteiger partial charge in [-0.25, -0.2) is 0 Å². The maximum Gasteiger partial charge on any atom is 0.243 e. The van der Waals surface area contributed by atoms with Crippen LogP contribution in [0.15, 0.2) is 90.4 Å². The van der Waals surface area contributed by atoms with Crippen molar-refractivity contribution in [3.05, 3.63) is 106 Å². The van der Waals surface area contributed by atoms with Gasteiger partial charge in [0.1, 0.15) is 23.7 Å². The Morgan fingerprint density at radius 1 is 0.684 bits per heavy atom. The van der Waals surface area contributed by atoms with Gasteiger partial charge in [-0.1, -0.05) is 66.7 Å². The van der Waals surface area contributed by atoms with Crippen molar-refractivity contribution in [2.75, 3.05) is 26.2 Å². The molecule has 2 saturated heterocycles. The molecule has 2 fully saturated rings. The van der Waals surface area contributed by atoms with Crippen LogP contribution in [0.25, 0.3) is 21.7 Å². The van der Waals surface area contributed by atoms with Gasteiger partial charge in [-0.05, 0) is 91.3 Å². The molecule has 4 heterocycles. The Balaban J connectivity index is 1.19. The van der Waals surface area contributed by atoms with Crippen LogP contribution in [-0.4, -0.2) is 84.4 Å². The van der Waals surface area contributed by atoms with Gasteiger partial charge in [0.2, 0.25) is 29.5 Å². The predicted molar refractivity (Wildman–Crippen MR) is 221 cm³/mol. The standard InChI is InChI=1S/C43H50N8O5S/c44-42(56)43(16-20-46-21-17-43)51-41(55)37(25-31-10-6-22-57-31)50-40(54)36(24-30-26-47-34-13-4-3-12-33(30)34)49-39(53)35(48-38(52)28-14-18-45-19-15-28)23-29-9-5-8-27-7-1-2-11-32(27)29/h1-13,22,26,28,35-37,45-47H,14-21,23-25H2,(H2,44,56)(H,48,52)(H,49,53)(H,50,54)(H,51,55)/t35-,36-,37+/m1/s1. The summed E-state index contributed by atoms with van der Waals surface area (Å²) in [5.41, 5.74) is 7.13. The number of amides is 5. The zero-order chi connectivity index (χ0) is 39.8. The first-order chi connectivity index (χ1) is 27.7. The molecule has 3 atom stereocenters. The van der Waals surface area contributed by atoms with E-state index in [9.17, 15) is 24.0 Å². The number of para-hydroxylation sites is 1. The van der Waals surface area contributed by atoms with Gasteiger partial charge in [-0.2, -0.15) is 0 Å². The molecule has 3 aromatic carbocycles. The number of H-pyrrole nitrogens is 1. The molecule has 0 bridgehead atoms. The number of rotatable bonds is 15. The van der Waals surface area contributed by atoms with E-state index in [1.165, 1.54) is 11.3 Å². The second kappa shape index (κ2) is 18.1. The molecule has 0 aliphatic carbocycles. The Bertz CT molecular complexity index is 2200. The van der Waals surface area contributed by atoms with E-state index in [-0.39, 0.29) is 31.1 Å². The number of nitrogens with two attached hydrogens (primary N) is 1. The molecular formula is C43H50N8O5S. The number of benzene rings is 3. The molecular weight excluding hydrogens is 741 g/mol. The van der Waals surface area contributed by atoms with E-state index in [2.05, 4.69) is 36.9 Å². The zero-order valence-corrected chi connectivity index (χ0v) is 32.6. The smallest absolute Gasteiger partial charge is 0.243 e. The normalized spacial score (nSPS) is 17.3. The summed E-state index contributed by atoms with van der Waals surface area (Å²) in [5.74, 6) is -2.74. The number of aromatic amines is 1. The molecule has 13 nitrogen and oxygen atoms in total. The van der Waals surface area contributed by atoms with E-state index >= 15 is 0 Å². The quantitative estimate of drug-likeness (QED) is 0.0797. The van der Waals surface area contributed by atoms with Gasteiger partial charge in [-0.3, -0.25) is 24.0 Å². The van der Waals surface area contributed by atoms with Crippen LogP contribution in [-0.2, 0) is 43.2 Å². The van der Waals surface area contributed by atoms with Gasteiger partial charge in [0.25, 0.3) is 0 Å². The number of hydrogen-bond acceptors (Lipinski definition) is 8. The van der Waals surface area contributed by atoms with E-state index in [1.54, 1.807) is 0 Å². The molecule has 14 heteroatoms. The van der Waals surface area contributed by atoms with Crippen LogP contribution in [0.2, 0.25) is 0 Å². The SMILES string of the molecule is NC(=O)C1(NC(=O)[C@H](Cc2cccs2)NC(=O)[C@@H](Cc2c[nH]c3ccccc23)NC(=O)[C@@H](Cc2cccc3ccccc23)NC(=O)C2CCNCC2)CCNCC1. The fraction of sp³-hybridized carbons (Fsp3) is 0.372. The molecule has 57 heavy (non-hydrogen) atoms. The van der Waals surface area contributed by atoms with E-state index in [1.807, 2.05) is 90.4 Å². The van der Waals surface area contributed by atoms with E-state index in [0.29, 0.717) is 51.9 Å². The Labute approximate surface area is 335 Å². The van der Waals surface area contributed by atoms with Crippen molar-refractivity contribution >= 4 is 62.5 Å². The molecule has 9 N–H and O–H groups in total. The first-order valence-electron chi connectivity index (χ1n) is 19.7. The Morgan fingerprint density at radius 2 is 1.32 bits per heavy atom. The molecule has 0 radical (unpaired) electrons. The molecule has 2 aliphatic heterocycles. The van der Waals surface area contributed by atoms with Crippen LogP contribution in [0.4, 0.5) is 0 Å². The van der Waals surface area contributed by atoms with Crippen LogP contribution in [0.3, 0.4) is 0 Å². The van der Waals surface area contributed by atoms with Gasteiger partial charge in [0.05, 0.1) is 0 Å². The average Bonchev–Trinajstić information content (AvgIpc) is 3.91. The summed E-state index contributed by atoms with van der Waals surface area (Å²) >= 11 is 1.44. The van der Waals surface area contributed by atoms with Gasteiger partial charge in [0, 0.05) is 47.2 Å². The number of carbonyl (C=O) groups is 5. The highest BCUT2D eigenvalue weighted by Gasteiger charge is 2.41. The number of piperidine rings is 2. The minimum Gasteiger partial charge on any atom is -0.368 e. The molecule has 298 valence electrons. The zero-order valence-electron chi connectivity index (χ0n) is 31.8. The van der Waals surface area contributed by atoms with Gasteiger partial charge >= 0.3 is 0 Å². The number of carbonyl (C=O) groups excluding carboxylic acids is 5. The van der Waals surface area contributed by atoms with Gasteiger partial charge in [0.15, 0.2) is 0 Å². The maximum atomic E-state index is 14.6. The fourth-order valence-corrected chi connectivity index (χ4v) is 8.75. The third kappa shape index (κ3) is 9.53. The lowest BCUT2D eigenvalue weighted by molar-refractivity contribution is -0.136. The topological polar surface area (TPSA) is 199 Å². The van der Waals surface area contributed by atoms with Crippen molar-refractivity contribution in [3.63, 3.8) is 0 Å². The summed E-state index contributed by atoms with van der Waals surface area (Å²) in [6.07, 6.45) is 4.19. The highest BCUT2D eigenvalue weighted by molar-refractivity contribution is 7.09. The Morgan fingerprint density at radius 3 is 2.04 bits per heavy atom. The summed E-state index contributed by atoms with van der Waals surface area (Å²) in [6.45, 7) is 2.42. The number of fused-ring (bicyclic) bond motifs is 2. The monoisotopic (exact) mass is 790 g/mol. The summed E-state index contributed by atoms with van der Waals surface area (Å²) in [7, 11) is 0. The third-order valence-corrected chi connectivity index (χ3v) is 12.2. The Kier molecular flexibility index (Phi) is 12.6. The average molecular weight is 791 g/mol. The maximum absolute atomic E-state index is 14.6. The van der Waals surface area contributed by atoms with Crippen LogP contribution >= 0.6 is 11.3 Å². The first kappa shape index (κ1) is 39.7. The lowest BCUT2D eigenvalue weighted by Crippen LogP contribution is -2.65. The van der Waals surface area contributed by atoms with E-state index in [0.717, 1.165) is 37.7 Å². The second-order valence-corrected chi connectivity index (χ2v) is 16.1. The minimum absolute atomic E-state index is 0.0923. The summed E-state index contributed by atoms with van der Waals surface area (Å²) < 4.78 is 0. The van der Waals surface area contributed by atoms with Crippen LogP contribution < -0.4 is 37.6 Å². The lowest BCUT2D eigenvalue weighted by atomic mass is 9.87. The number of hydrogen-bond donors (Lipinski definition) is 8. The molecule has 2 aliphatic rings. The van der Waals surface area contributed by atoms with Crippen LogP contribution in [0, 0.1) is 5.92 Å². The molecule has 0 saturated carbocycles. The largest absolute Gasteiger partial charge is 0.368 e. The van der Waals surface area contributed by atoms with Crippen molar-refractivity contribution in [3.8, 4) is 0 Å². The fourth-order valence-electron chi connectivity index (χ4n) is 8.00. The van der Waals surface area contributed by atoms with Gasteiger partial charge < -0.3 is 42.6 Å². The van der Waals surface area contributed by atoms with Gasteiger partial charge in [-0.15, -0.1) is 11.3 Å². The summed E-state index contributed by atoms with van der Waals surface area (Å²) in [4.78, 5) is 73.9. The first-order valence-corrected chi connectivity index (χ1v) is 20.6. The second-order valence-electron chi connectivity index (χ2n) is 15.1. The van der Waals surface area contributed by atoms with Crippen molar-refractivity contribution in [1.82, 2.24) is 36.9 Å². The lowest BCUT2D eigenvalue weighted by Gasteiger charge is -2.36. The van der Waals surface area contributed by atoms with Crippen LogP contribution in [0.5, 0.6) is 0 Å². The van der Waals surface area contributed by atoms with Crippen molar-refractivity contribution in [1.29, 1.82) is 0 Å². The molecule has 7 rings (SSSR count). The molecule has 0 spiro atoms. The van der Waals surface area contributed by atoms with Crippen molar-refractivity contribution < 1.29 is 24.0 Å². The molecule has 0 unspecified atom stereocenters. The molecule has 5 amide bonds. The number of primary amides is 1. The molecule has 5 aromatic rings. The third-order valence-electron chi connectivity index (χ3n) is 11.3. The van der Waals surface area contributed by atoms with Crippen LogP contribution in [0.1, 0.15) is 41.7 Å². The highest BCUT2D eigenvalue weighted by Crippen LogP contribution is 2.23. The van der Waals surface area contributed by atoms with Crippen molar-refractivity contribution in [2.45, 2.75) is 68.6 Å². The molecule has 2 aromatic heterocycles. The van der Waals surface area contributed by atoms with Crippen molar-refractivity contribution in [2.24, 2.45) is 11.7 Å². The minimum atomic E-state index is -1.26. The summed E-state index contributed by atoms with van der Waals surface area (Å²) in [5, 5.41) is 23.1. The summed E-state index contributed by atoms with van der Waals surface area (Å²) in [6, 6.07) is 22.0. The highest BCUT2D eigenvalue weighted by atomic mass is 32.1. The Hall–Kier alpha value is -5.57. The number of aromatic nitrogens is 1. The number of nitrogens with one attached hydrogen (secondary N) is 7. The predicted octanol–water partition coefficient (Wildman–Crippen LogP) is 2.59.